The van der Waals surface area contributed by atoms with E-state index in [1.54, 1.807) is 0 Å². The number of rotatable bonds is 8. The van der Waals surface area contributed by atoms with Crippen LogP contribution in [0.5, 0.6) is 0 Å². The maximum atomic E-state index is 11.5. The van der Waals surface area contributed by atoms with E-state index >= 15 is 0 Å². The molecule has 0 radical (unpaired) electrons. The summed E-state index contributed by atoms with van der Waals surface area (Å²) >= 11 is 0. The summed E-state index contributed by atoms with van der Waals surface area (Å²) < 4.78 is 0. The lowest BCUT2D eigenvalue weighted by Crippen LogP contribution is -2.26. The quantitative estimate of drug-likeness (QED) is 0.301. The van der Waals surface area contributed by atoms with Gasteiger partial charge >= 0.3 is 11.9 Å². The van der Waals surface area contributed by atoms with Crippen LogP contribution in [0, 0.1) is 11.8 Å². The summed E-state index contributed by atoms with van der Waals surface area (Å²) in [5.41, 5.74) is 4.28. The molecule has 6 heteroatoms. The highest BCUT2D eigenvalue weighted by molar-refractivity contribution is 6.14. The molecule has 2 aromatic carbocycles. The molecule has 0 saturated heterocycles. The summed E-state index contributed by atoms with van der Waals surface area (Å²) in [5.74, 6) is -0.680. The van der Waals surface area contributed by atoms with E-state index in [2.05, 4.69) is 22.4 Å². The number of benzene rings is 2. The van der Waals surface area contributed by atoms with E-state index in [1.807, 2.05) is 49.4 Å². The molecular formula is C26H30N2O4. The van der Waals surface area contributed by atoms with Gasteiger partial charge in [-0.05, 0) is 30.4 Å². The smallest absolute Gasteiger partial charge is 0.319 e. The van der Waals surface area contributed by atoms with Crippen molar-refractivity contribution in [3.63, 3.8) is 0 Å². The summed E-state index contributed by atoms with van der Waals surface area (Å²) in [6.07, 6.45) is 5.51. The van der Waals surface area contributed by atoms with Crippen LogP contribution in [0.1, 0.15) is 58.4 Å². The first kappa shape index (κ1) is 23.4. The van der Waals surface area contributed by atoms with Gasteiger partial charge in [0.15, 0.2) is 0 Å². The fourth-order valence-corrected chi connectivity index (χ4v) is 4.15. The normalized spacial score (nSPS) is 16.0. The minimum absolute atomic E-state index is 0.237. The number of oxime groups is 2. The van der Waals surface area contributed by atoms with Crippen molar-refractivity contribution >= 4 is 23.4 Å². The number of hydrogen-bond donors (Lipinski definition) is 0. The Bertz CT molecular complexity index is 975. The Morgan fingerprint density at radius 2 is 1.41 bits per heavy atom. The number of carbonyl (C=O) groups is 2. The SMILES string of the molecule is CC(=O)O/N=C(\c1ccc(-c2ccccc2)cc1)C(CC1CCCC1)/C(C)=N/OC(C)=O. The molecule has 168 valence electrons. The Hall–Kier alpha value is -3.28. The van der Waals surface area contributed by atoms with Gasteiger partial charge < -0.3 is 9.68 Å². The molecule has 1 unspecified atom stereocenters. The monoisotopic (exact) mass is 434 g/mol. The fourth-order valence-electron chi connectivity index (χ4n) is 4.15. The van der Waals surface area contributed by atoms with Crippen molar-refractivity contribution in [2.75, 3.05) is 0 Å². The number of hydrogen-bond acceptors (Lipinski definition) is 6. The van der Waals surface area contributed by atoms with Crippen LogP contribution in [0.2, 0.25) is 0 Å². The van der Waals surface area contributed by atoms with Crippen LogP contribution in [-0.2, 0) is 19.3 Å². The van der Waals surface area contributed by atoms with E-state index in [0.717, 1.165) is 36.0 Å². The summed E-state index contributed by atoms with van der Waals surface area (Å²) in [7, 11) is 0. The predicted molar refractivity (Wildman–Crippen MR) is 125 cm³/mol. The third-order valence-corrected chi connectivity index (χ3v) is 5.76. The van der Waals surface area contributed by atoms with E-state index < -0.39 is 11.9 Å². The highest BCUT2D eigenvalue weighted by Crippen LogP contribution is 2.33. The average Bonchev–Trinajstić information content (AvgIpc) is 3.31. The number of nitrogens with zero attached hydrogens (tertiary/aromatic N) is 2. The van der Waals surface area contributed by atoms with E-state index in [4.69, 9.17) is 9.68 Å². The summed E-state index contributed by atoms with van der Waals surface area (Å²) in [4.78, 5) is 32.9. The highest BCUT2D eigenvalue weighted by Gasteiger charge is 2.28. The summed E-state index contributed by atoms with van der Waals surface area (Å²) in [6.45, 7) is 4.47. The van der Waals surface area contributed by atoms with Gasteiger partial charge in [0.2, 0.25) is 0 Å². The topological polar surface area (TPSA) is 77.3 Å². The zero-order chi connectivity index (χ0) is 22.9. The molecule has 1 aliphatic carbocycles. The van der Waals surface area contributed by atoms with Gasteiger partial charge in [-0.3, -0.25) is 0 Å². The third-order valence-electron chi connectivity index (χ3n) is 5.76. The van der Waals surface area contributed by atoms with Crippen molar-refractivity contribution in [3.8, 4) is 11.1 Å². The van der Waals surface area contributed by atoms with Gasteiger partial charge in [0, 0.05) is 25.3 Å². The van der Waals surface area contributed by atoms with Crippen LogP contribution < -0.4 is 0 Å². The van der Waals surface area contributed by atoms with Crippen molar-refractivity contribution in [1.29, 1.82) is 0 Å². The van der Waals surface area contributed by atoms with Crippen LogP contribution in [-0.4, -0.2) is 23.4 Å². The molecule has 1 fully saturated rings. The van der Waals surface area contributed by atoms with Crippen LogP contribution in [0.4, 0.5) is 0 Å². The second kappa shape index (κ2) is 11.4. The highest BCUT2D eigenvalue weighted by atomic mass is 16.7. The van der Waals surface area contributed by atoms with Crippen LogP contribution in [0.25, 0.3) is 11.1 Å². The van der Waals surface area contributed by atoms with Crippen molar-refractivity contribution in [2.24, 2.45) is 22.1 Å². The Balaban J connectivity index is 1.97. The molecule has 2 aromatic rings. The van der Waals surface area contributed by atoms with Crippen molar-refractivity contribution in [2.45, 2.75) is 52.9 Å². The van der Waals surface area contributed by atoms with Crippen molar-refractivity contribution < 1.29 is 19.3 Å². The van der Waals surface area contributed by atoms with Crippen LogP contribution in [0.3, 0.4) is 0 Å². The molecule has 1 aliphatic rings. The fraction of sp³-hybridized carbons (Fsp3) is 0.385. The first-order valence-corrected chi connectivity index (χ1v) is 11.1. The number of carbonyl (C=O) groups excluding carboxylic acids is 2. The molecule has 1 saturated carbocycles. The molecule has 0 spiro atoms. The summed E-state index contributed by atoms with van der Waals surface area (Å²) in [5, 5.41) is 8.28. The molecule has 0 amide bonds. The lowest BCUT2D eigenvalue weighted by molar-refractivity contribution is -0.141. The van der Waals surface area contributed by atoms with Crippen molar-refractivity contribution in [1.82, 2.24) is 0 Å². The molecule has 32 heavy (non-hydrogen) atoms. The third kappa shape index (κ3) is 6.61. The van der Waals surface area contributed by atoms with Gasteiger partial charge in [-0.1, -0.05) is 90.6 Å². The molecule has 0 bridgehead atoms. The maximum Gasteiger partial charge on any atom is 0.331 e. The molecule has 3 rings (SSSR count). The zero-order valence-electron chi connectivity index (χ0n) is 18.9. The standard InChI is InChI=1S/C26H30N2O4/c1-18(27-31-19(2)29)25(17-21-9-7-8-10-21)26(28-32-20(3)30)24-15-13-23(14-16-24)22-11-5-4-6-12-22/h4-6,11-16,21,25H,7-10,17H2,1-3H3/b27-18+,28-26+. The second-order valence-corrected chi connectivity index (χ2v) is 8.26. The van der Waals surface area contributed by atoms with Gasteiger partial charge in [0.1, 0.15) is 0 Å². The average molecular weight is 435 g/mol. The minimum atomic E-state index is -0.488. The molecule has 6 nitrogen and oxygen atoms in total. The molecular weight excluding hydrogens is 404 g/mol. The lowest BCUT2D eigenvalue weighted by atomic mass is 9.84. The van der Waals surface area contributed by atoms with Gasteiger partial charge in [-0.15, -0.1) is 0 Å². The Morgan fingerprint density at radius 1 is 0.844 bits per heavy atom. The van der Waals surface area contributed by atoms with Crippen LogP contribution in [0.15, 0.2) is 64.9 Å². The Kier molecular flexibility index (Phi) is 8.31. The first-order valence-electron chi connectivity index (χ1n) is 11.1. The molecule has 0 N–H and O–H groups in total. The summed E-state index contributed by atoms with van der Waals surface area (Å²) in [6, 6.07) is 18.1. The Labute approximate surface area is 189 Å². The zero-order valence-corrected chi connectivity index (χ0v) is 18.9. The lowest BCUT2D eigenvalue weighted by Gasteiger charge is -2.22. The molecule has 0 aliphatic heterocycles. The minimum Gasteiger partial charge on any atom is -0.319 e. The van der Waals surface area contributed by atoms with Gasteiger partial charge in [-0.25, -0.2) is 9.59 Å². The maximum absolute atomic E-state index is 11.5. The predicted octanol–water partition coefficient (Wildman–Crippen LogP) is 5.76. The van der Waals surface area contributed by atoms with E-state index in [0.29, 0.717) is 17.3 Å². The van der Waals surface area contributed by atoms with E-state index in [9.17, 15) is 9.59 Å². The molecule has 0 heterocycles. The van der Waals surface area contributed by atoms with Gasteiger partial charge in [0.05, 0.1) is 11.4 Å². The first-order chi connectivity index (χ1) is 15.4. The largest absolute Gasteiger partial charge is 0.331 e. The Morgan fingerprint density at radius 3 is 2.00 bits per heavy atom. The van der Waals surface area contributed by atoms with E-state index in [-0.39, 0.29) is 5.92 Å². The van der Waals surface area contributed by atoms with Gasteiger partial charge in [0.25, 0.3) is 0 Å². The molecule has 0 aromatic heterocycles. The second-order valence-electron chi connectivity index (χ2n) is 8.26. The van der Waals surface area contributed by atoms with E-state index in [1.165, 1.54) is 26.7 Å². The molecule has 1 atom stereocenters. The van der Waals surface area contributed by atoms with Crippen molar-refractivity contribution in [3.05, 3.63) is 60.2 Å². The van der Waals surface area contributed by atoms with Crippen LogP contribution >= 0.6 is 0 Å². The van der Waals surface area contributed by atoms with Gasteiger partial charge in [-0.2, -0.15) is 0 Å².